The van der Waals surface area contributed by atoms with Gasteiger partial charge in [-0.1, -0.05) is 51.1 Å². The molecule has 0 N–H and O–H groups in total. The van der Waals surface area contributed by atoms with Gasteiger partial charge in [0.1, 0.15) is 0 Å². The summed E-state index contributed by atoms with van der Waals surface area (Å²) in [6.45, 7) is 7.09. The van der Waals surface area contributed by atoms with E-state index in [1.165, 1.54) is 5.56 Å². The monoisotopic (exact) mass is 280 g/mol. The molecule has 0 fully saturated rings. The van der Waals surface area contributed by atoms with Crippen LogP contribution in [-0.4, -0.2) is 12.6 Å². The van der Waals surface area contributed by atoms with Gasteiger partial charge >= 0.3 is 0 Å². The molecule has 0 bridgehead atoms. The summed E-state index contributed by atoms with van der Waals surface area (Å²) < 4.78 is 5.71. The van der Waals surface area contributed by atoms with Crippen LogP contribution in [-0.2, 0) is 10.2 Å². The Balaban J connectivity index is 1.82. The summed E-state index contributed by atoms with van der Waals surface area (Å²) in [4.78, 5) is 0. The summed E-state index contributed by atoms with van der Waals surface area (Å²) in [5.41, 5.74) is 3.53. The number of para-hydroxylation sites is 1. The minimum Gasteiger partial charge on any atom is -0.453 e. The highest BCUT2D eigenvalue weighted by atomic mass is 16.5. The predicted octanol–water partition coefficient (Wildman–Crippen LogP) is 4.14. The van der Waals surface area contributed by atoms with Gasteiger partial charge in [-0.2, -0.15) is 0 Å². The summed E-state index contributed by atoms with van der Waals surface area (Å²) in [5, 5.41) is 6.42. The molecule has 1 aliphatic rings. The Morgan fingerprint density at radius 1 is 0.952 bits per heavy atom. The van der Waals surface area contributed by atoms with Crippen molar-refractivity contribution in [2.24, 2.45) is 5.10 Å². The van der Waals surface area contributed by atoms with E-state index in [4.69, 9.17) is 4.74 Å². The second-order valence-corrected chi connectivity index (χ2v) is 6.24. The first kappa shape index (κ1) is 13.7. The molecule has 0 atom stereocenters. The molecule has 108 valence electrons. The third-order valence-corrected chi connectivity index (χ3v) is 3.59. The van der Waals surface area contributed by atoms with Crippen LogP contribution in [0, 0.1) is 0 Å². The Kier molecular flexibility index (Phi) is 3.42. The predicted molar refractivity (Wildman–Crippen MR) is 86.6 cm³/mol. The molecule has 2 aromatic carbocycles. The van der Waals surface area contributed by atoms with E-state index in [0.717, 1.165) is 11.3 Å². The fourth-order valence-electron chi connectivity index (χ4n) is 2.28. The van der Waals surface area contributed by atoms with Crippen LogP contribution in [0.4, 0.5) is 5.69 Å². The molecule has 0 saturated carbocycles. The van der Waals surface area contributed by atoms with E-state index in [9.17, 15) is 0 Å². The van der Waals surface area contributed by atoms with Crippen LogP contribution in [0.2, 0.25) is 0 Å². The van der Waals surface area contributed by atoms with Gasteiger partial charge in [-0.25, -0.2) is 5.01 Å². The van der Waals surface area contributed by atoms with Crippen LogP contribution in [0.3, 0.4) is 0 Å². The van der Waals surface area contributed by atoms with Gasteiger partial charge in [-0.3, -0.25) is 0 Å². The average molecular weight is 280 g/mol. The van der Waals surface area contributed by atoms with Gasteiger partial charge in [0, 0.05) is 5.56 Å². The molecule has 0 aliphatic carbocycles. The van der Waals surface area contributed by atoms with Crippen LogP contribution in [0.5, 0.6) is 0 Å². The van der Waals surface area contributed by atoms with E-state index in [0.29, 0.717) is 12.6 Å². The van der Waals surface area contributed by atoms with Gasteiger partial charge in [0.25, 0.3) is 0 Å². The third kappa shape index (κ3) is 2.92. The smallest absolute Gasteiger partial charge is 0.240 e. The fraction of sp³-hybridized carbons (Fsp3) is 0.278. The zero-order valence-corrected chi connectivity index (χ0v) is 12.7. The Morgan fingerprint density at radius 3 is 2.24 bits per heavy atom. The maximum Gasteiger partial charge on any atom is 0.240 e. The van der Waals surface area contributed by atoms with E-state index in [1.807, 2.05) is 35.3 Å². The van der Waals surface area contributed by atoms with Gasteiger partial charge in [-0.15, -0.1) is 5.10 Å². The standard InChI is InChI=1S/C18H20N2O/c1-18(2,3)15-11-9-14(10-12-15)17-19-20(13-21-17)16-7-5-4-6-8-16/h4-12H,13H2,1-3H3. The molecule has 0 amide bonds. The Morgan fingerprint density at radius 2 is 1.62 bits per heavy atom. The molecule has 21 heavy (non-hydrogen) atoms. The Hall–Kier alpha value is -2.29. The van der Waals surface area contributed by atoms with Crippen molar-refractivity contribution in [2.45, 2.75) is 26.2 Å². The van der Waals surface area contributed by atoms with Gasteiger partial charge in [0.2, 0.25) is 5.90 Å². The van der Waals surface area contributed by atoms with E-state index >= 15 is 0 Å². The molecule has 1 heterocycles. The lowest BCUT2D eigenvalue weighted by atomic mass is 9.87. The average Bonchev–Trinajstić information content (AvgIpc) is 2.97. The Labute approximate surface area is 125 Å². The molecule has 1 aliphatic heterocycles. The van der Waals surface area contributed by atoms with E-state index < -0.39 is 0 Å². The largest absolute Gasteiger partial charge is 0.453 e. The molecule has 0 saturated heterocycles. The first-order valence-electron chi connectivity index (χ1n) is 7.19. The number of nitrogens with zero attached hydrogens (tertiary/aromatic N) is 2. The topological polar surface area (TPSA) is 24.8 Å². The zero-order valence-electron chi connectivity index (χ0n) is 12.7. The number of benzene rings is 2. The lowest BCUT2D eigenvalue weighted by molar-refractivity contribution is 0.338. The highest BCUT2D eigenvalue weighted by molar-refractivity contribution is 5.95. The summed E-state index contributed by atoms with van der Waals surface area (Å²) in [7, 11) is 0. The van der Waals surface area contributed by atoms with Crippen molar-refractivity contribution in [1.82, 2.24) is 0 Å². The first-order valence-corrected chi connectivity index (χ1v) is 7.19. The maximum atomic E-state index is 5.71. The SMILES string of the molecule is CC(C)(C)c1ccc(C2=NN(c3ccccc3)CO2)cc1. The quantitative estimate of drug-likeness (QED) is 0.826. The van der Waals surface area contributed by atoms with Crippen molar-refractivity contribution in [2.75, 3.05) is 11.7 Å². The van der Waals surface area contributed by atoms with Gasteiger partial charge in [0.05, 0.1) is 5.69 Å². The lowest BCUT2D eigenvalue weighted by Crippen LogP contribution is -2.12. The van der Waals surface area contributed by atoms with E-state index in [1.54, 1.807) is 0 Å². The van der Waals surface area contributed by atoms with Crippen molar-refractivity contribution in [3.05, 3.63) is 65.7 Å². The number of hydrogen-bond acceptors (Lipinski definition) is 3. The van der Waals surface area contributed by atoms with Crippen molar-refractivity contribution in [3.8, 4) is 0 Å². The molecule has 0 spiro atoms. The van der Waals surface area contributed by atoms with Gasteiger partial charge in [0.15, 0.2) is 6.73 Å². The van der Waals surface area contributed by atoms with Gasteiger partial charge in [-0.05, 0) is 35.2 Å². The zero-order chi connectivity index (χ0) is 14.9. The second-order valence-electron chi connectivity index (χ2n) is 6.24. The number of hydrogen-bond donors (Lipinski definition) is 0. The molecule has 3 rings (SSSR count). The van der Waals surface area contributed by atoms with Crippen LogP contribution in [0.15, 0.2) is 59.7 Å². The first-order chi connectivity index (χ1) is 10.0. The maximum absolute atomic E-state index is 5.71. The normalized spacial score (nSPS) is 14.8. The third-order valence-electron chi connectivity index (χ3n) is 3.59. The summed E-state index contributed by atoms with van der Waals surface area (Å²) in [6.07, 6.45) is 0. The summed E-state index contributed by atoms with van der Waals surface area (Å²) in [5.74, 6) is 0.680. The molecule has 0 unspecified atom stereocenters. The Bertz CT molecular complexity index is 639. The summed E-state index contributed by atoms with van der Waals surface area (Å²) in [6, 6.07) is 18.5. The van der Waals surface area contributed by atoms with E-state index in [-0.39, 0.29) is 5.41 Å². The van der Waals surface area contributed by atoms with Crippen LogP contribution >= 0.6 is 0 Å². The van der Waals surface area contributed by atoms with Crippen molar-refractivity contribution >= 4 is 11.6 Å². The van der Waals surface area contributed by atoms with Crippen molar-refractivity contribution in [3.63, 3.8) is 0 Å². The molecule has 2 aromatic rings. The molecule has 3 nitrogen and oxygen atoms in total. The van der Waals surface area contributed by atoms with Crippen LogP contribution in [0.1, 0.15) is 31.9 Å². The second kappa shape index (κ2) is 5.24. The van der Waals surface area contributed by atoms with Crippen molar-refractivity contribution in [1.29, 1.82) is 0 Å². The molecular formula is C18H20N2O. The number of hydrazone groups is 1. The molecule has 3 heteroatoms. The summed E-state index contributed by atoms with van der Waals surface area (Å²) >= 11 is 0. The highest BCUT2D eigenvalue weighted by Crippen LogP contribution is 2.24. The number of ether oxygens (including phenoxy) is 1. The molecule has 0 radical (unpaired) electrons. The van der Waals surface area contributed by atoms with Crippen LogP contribution in [0.25, 0.3) is 0 Å². The minimum atomic E-state index is 0.160. The van der Waals surface area contributed by atoms with Crippen LogP contribution < -0.4 is 5.01 Å². The number of rotatable bonds is 2. The van der Waals surface area contributed by atoms with Crippen molar-refractivity contribution < 1.29 is 4.74 Å². The lowest BCUT2D eigenvalue weighted by Gasteiger charge is -2.18. The van der Waals surface area contributed by atoms with Gasteiger partial charge < -0.3 is 4.74 Å². The highest BCUT2D eigenvalue weighted by Gasteiger charge is 2.19. The van der Waals surface area contributed by atoms with E-state index in [2.05, 4.69) is 50.1 Å². The number of anilines is 1. The minimum absolute atomic E-state index is 0.160. The molecular weight excluding hydrogens is 260 g/mol. The fourth-order valence-corrected chi connectivity index (χ4v) is 2.28. The molecule has 0 aromatic heterocycles.